The van der Waals surface area contributed by atoms with Crippen LogP contribution in [0.25, 0.3) is 0 Å². The van der Waals surface area contributed by atoms with Crippen LogP contribution in [0.4, 0.5) is 11.4 Å². The fourth-order valence-electron chi connectivity index (χ4n) is 3.12. The van der Waals surface area contributed by atoms with E-state index in [1.54, 1.807) is 12.1 Å². The molecule has 0 saturated carbocycles. The van der Waals surface area contributed by atoms with Crippen LogP contribution in [0.15, 0.2) is 35.6 Å². The number of aliphatic hydroxyl groups excluding tert-OH is 1. The number of benzene rings is 1. The van der Waals surface area contributed by atoms with Crippen molar-refractivity contribution in [3.05, 3.63) is 35.6 Å². The van der Waals surface area contributed by atoms with Gasteiger partial charge in [-0.25, -0.2) is 0 Å². The first kappa shape index (κ1) is 20.8. The van der Waals surface area contributed by atoms with Crippen molar-refractivity contribution in [2.24, 2.45) is 5.92 Å². The van der Waals surface area contributed by atoms with E-state index < -0.39 is 17.9 Å². The van der Waals surface area contributed by atoms with Crippen molar-refractivity contribution in [2.75, 3.05) is 36.9 Å². The van der Waals surface area contributed by atoms with E-state index in [1.165, 1.54) is 0 Å². The first-order valence-electron chi connectivity index (χ1n) is 9.42. The Morgan fingerprint density at radius 2 is 1.96 bits per heavy atom. The number of anilines is 2. The Balaban J connectivity index is 2.07. The first-order chi connectivity index (χ1) is 12.9. The van der Waals surface area contributed by atoms with Crippen molar-refractivity contribution in [2.45, 2.75) is 33.2 Å². The highest BCUT2D eigenvalue weighted by molar-refractivity contribution is 6.24. The summed E-state index contributed by atoms with van der Waals surface area (Å²) in [6.07, 6.45) is 0.586. The van der Waals surface area contributed by atoms with Gasteiger partial charge in [-0.3, -0.25) is 9.59 Å². The number of likely N-dealkylation sites (N-methyl/N-ethyl adjacent to an activating group) is 2. The fraction of sp³-hybridized carbons (Fsp3) is 0.500. The Bertz CT molecular complexity index is 698. The number of aliphatic hydroxyl groups is 1. The molecule has 1 aromatic carbocycles. The van der Waals surface area contributed by atoms with Crippen molar-refractivity contribution in [1.29, 1.82) is 0 Å². The molecule has 27 heavy (non-hydrogen) atoms. The summed E-state index contributed by atoms with van der Waals surface area (Å²) in [7, 11) is 1.92. The molecule has 0 radical (unpaired) electrons. The van der Waals surface area contributed by atoms with Gasteiger partial charge in [-0.1, -0.05) is 13.8 Å². The van der Waals surface area contributed by atoms with Gasteiger partial charge < -0.3 is 26.0 Å². The van der Waals surface area contributed by atoms with Crippen LogP contribution in [0, 0.1) is 5.92 Å². The van der Waals surface area contributed by atoms with Gasteiger partial charge in [0.15, 0.2) is 0 Å². The minimum absolute atomic E-state index is 0.174. The molecule has 0 bridgehead atoms. The number of carbonyl (C=O) groups excluding carboxylic acids is 2. The summed E-state index contributed by atoms with van der Waals surface area (Å²) in [5.41, 5.74) is 1.44. The lowest BCUT2D eigenvalue weighted by Gasteiger charge is -2.23. The summed E-state index contributed by atoms with van der Waals surface area (Å²) in [5, 5.41) is 18.8. The number of amides is 2. The molecule has 0 fully saturated rings. The van der Waals surface area contributed by atoms with Crippen LogP contribution in [0.5, 0.6) is 0 Å². The lowest BCUT2D eigenvalue weighted by atomic mass is 10.0. The smallest absolute Gasteiger partial charge is 0.264 e. The Kier molecular flexibility index (Phi) is 7.24. The molecule has 1 heterocycles. The zero-order chi connectivity index (χ0) is 20.0. The molecule has 0 aromatic heterocycles. The maximum Gasteiger partial charge on any atom is 0.264 e. The zero-order valence-corrected chi connectivity index (χ0v) is 16.5. The standard InChI is InChI=1S/C20H30N4O3/c1-5-24(11-10-21-4)15-8-6-14(7-9-15)22-19(26)17-18(25)16(12-13(2)3)23-20(17)27/h6-9,13,16,21,25H,5,10-12H2,1-4H3,(H,22,26)(H,23,27). The molecular formula is C20H30N4O3. The largest absolute Gasteiger partial charge is 0.509 e. The quantitative estimate of drug-likeness (QED) is 0.496. The molecule has 148 valence electrons. The third kappa shape index (κ3) is 5.23. The number of hydrogen-bond acceptors (Lipinski definition) is 5. The average molecular weight is 374 g/mol. The van der Waals surface area contributed by atoms with Gasteiger partial charge in [-0.15, -0.1) is 0 Å². The van der Waals surface area contributed by atoms with Gasteiger partial charge in [0.25, 0.3) is 11.8 Å². The highest BCUT2D eigenvalue weighted by Crippen LogP contribution is 2.23. The second-order valence-electron chi connectivity index (χ2n) is 7.10. The van der Waals surface area contributed by atoms with Crippen molar-refractivity contribution in [3.8, 4) is 0 Å². The van der Waals surface area contributed by atoms with Gasteiger partial charge in [-0.05, 0) is 50.6 Å². The Morgan fingerprint density at radius 3 is 2.52 bits per heavy atom. The molecule has 1 aliphatic rings. The van der Waals surface area contributed by atoms with E-state index >= 15 is 0 Å². The van der Waals surface area contributed by atoms with Crippen LogP contribution in [0.3, 0.4) is 0 Å². The monoisotopic (exact) mass is 374 g/mol. The van der Waals surface area contributed by atoms with E-state index in [-0.39, 0.29) is 17.3 Å². The molecule has 1 atom stereocenters. The second-order valence-corrected chi connectivity index (χ2v) is 7.10. The molecule has 0 aliphatic carbocycles. The molecule has 4 N–H and O–H groups in total. The average Bonchev–Trinajstić information content (AvgIpc) is 2.89. The van der Waals surface area contributed by atoms with E-state index in [4.69, 9.17) is 0 Å². The van der Waals surface area contributed by atoms with Gasteiger partial charge >= 0.3 is 0 Å². The number of rotatable bonds is 9. The lowest BCUT2D eigenvalue weighted by molar-refractivity contribution is -0.120. The third-order valence-corrected chi connectivity index (χ3v) is 4.56. The van der Waals surface area contributed by atoms with Crippen molar-refractivity contribution >= 4 is 23.2 Å². The summed E-state index contributed by atoms with van der Waals surface area (Å²) < 4.78 is 0. The van der Waals surface area contributed by atoms with Gasteiger partial charge in [0.1, 0.15) is 11.3 Å². The molecule has 2 rings (SSSR count). The van der Waals surface area contributed by atoms with Gasteiger partial charge in [0.05, 0.1) is 6.04 Å². The molecule has 1 aromatic rings. The molecule has 0 spiro atoms. The van der Waals surface area contributed by atoms with Crippen LogP contribution in [0.2, 0.25) is 0 Å². The molecule has 1 unspecified atom stereocenters. The topological polar surface area (TPSA) is 93.7 Å². The minimum Gasteiger partial charge on any atom is -0.509 e. The van der Waals surface area contributed by atoms with E-state index in [0.29, 0.717) is 12.1 Å². The highest BCUT2D eigenvalue weighted by atomic mass is 16.3. The molecular weight excluding hydrogens is 344 g/mol. The summed E-state index contributed by atoms with van der Waals surface area (Å²) >= 11 is 0. The van der Waals surface area contributed by atoms with Gasteiger partial charge in [0, 0.05) is 31.0 Å². The van der Waals surface area contributed by atoms with Crippen LogP contribution in [0.1, 0.15) is 27.2 Å². The summed E-state index contributed by atoms with van der Waals surface area (Å²) in [6, 6.07) is 6.96. The SMILES string of the molecule is CCN(CCNC)c1ccc(NC(=O)C2=C(O)C(CC(C)C)NC2=O)cc1. The predicted molar refractivity (Wildman–Crippen MR) is 108 cm³/mol. The number of carbonyl (C=O) groups is 2. The number of nitrogens with one attached hydrogen (secondary N) is 3. The Labute approximate surface area is 160 Å². The minimum atomic E-state index is -0.591. The van der Waals surface area contributed by atoms with Crippen LogP contribution in [-0.4, -0.2) is 49.6 Å². The molecule has 2 amide bonds. The van der Waals surface area contributed by atoms with Gasteiger partial charge in [0.2, 0.25) is 0 Å². The Morgan fingerprint density at radius 1 is 1.30 bits per heavy atom. The number of hydrogen-bond donors (Lipinski definition) is 4. The van der Waals surface area contributed by atoms with Gasteiger partial charge in [-0.2, -0.15) is 0 Å². The predicted octanol–water partition coefficient (Wildman–Crippen LogP) is 2.03. The van der Waals surface area contributed by atoms with Crippen molar-refractivity contribution < 1.29 is 14.7 Å². The fourth-order valence-corrected chi connectivity index (χ4v) is 3.12. The number of nitrogens with zero attached hydrogens (tertiary/aromatic N) is 1. The van der Waals surface area contributed by atoms with Crippen LogP contribution in [-0.2, 0) is 9.59 Å². The highest BCUT2D eigenvalue weighted by Gasteiger charge is 2.36. The normalized spacial score (nSPS) is 16.6. The summed E-state index contributed by atoms with van der Waals surface area (Å²) in [6.45, 7) is 8.73. The Hall–Kier alpha value is -2.54. The first-order valence-corrected chi connectivity index (χ1v) is 9.42. The molecule has 7 heteroatoms. The molecule has 0 saturated heterocycles. The summed E-state index contributed by atoms with van der Waals surface area (Å²) in [4.78, 5) is 26.8. The maximum atomic E-state index is 12.5. The zero-order valence-electron chi connectivity index (χ0n) is 16.5. The van der Waals surface area contributed by atoms with Crippen LogP contribution >= 0.6 is 0 Å². The van der Waals surface area contributed by atoms with E-state index in [9.17, 15) is 14.7 Å². The van der Waals surface area contributed by atoms with E-state index in [1.807, 2.05) is 33.0 Å². The molecule has 1 aliphatic heterocycles. The summed E-state index contributed by atoms with van der Waals surface area (Å²) in [5.74, 6) is -1.01. The van der Waals surface area contributed by atoms with Crippen molar-refractivity contribution in [3.63, 3.8) is 0 Å². The van der Waals surface area contributed by atoms with E-state index in [0.717, 1.165) is 25.3 Å². The van der Waals surface area contributed by atoms with E-state index in [2.05, 4.69) is 27.8 Å². The van der Waals surface area contributed by atoms with Crippen molar-refractivity contribution in [1.82, 2.24) is 10.6 Å². The lowest BCUT2D eigenvalue weighted by Crippen LogP contribution is -2.31. The molecule has 7 nitrogen and oxygen atoms in total. The second kappa shape index (κ2) is 9.41. The third-order valence-electron chi connectivity index (χ3n) is 4.56. The van der Waals surface area contributed by atoms with Crippen LogP contribution < -0.4 is 20.9 Å². The maximum absolute atomic E-state index is 12.5.